The Hall–Kier alpha value is -0.380. The van der Waals surface area contributed by atoms with Gasteiger partial charge in [0.2, 0.25) is 0 Å². The molecule has 2 N–H and O–H groups in total. The molecule has 1 aliphatic rings. The average Bonchev–Trinajstić information content (AvgIpc) is 3.05. The zero-order chi connectivity index (χ0) is 11.6. The van der Waals surface area contributed by atoms with E-state index in [0.717, 1.165) is 10.9 Å². The van der Waals surface area contributed by atoms with Gasteiger partial charge in [-0.15, -0.1) is 0 Å². The lowest BCUT2D eigenvalue weighted by Crippen LogP contribution is -2.48. The van der Waals surface area contributed by atoms with Crippen molar-refractivity contribution in [2.24, 2.45) is 0 Å². The van der Waals surface area contributed by atoms with E-state index in [4.69, 9.17) is 0 Å². The summed E-state index contributed by atoms with van der Waals surface area (Å²) in [6.07, 6.45) is 3.36. The van der Waals surface area contributed by atoms with Crippen LogP contribution in [0.25, 0.3) is 0 Å². The maximum atomic E-state index is 9.51. The first-order chi connectivity index (χ1) is 7.61. The number of rotatable bonds is 5. The number of benzene rings is 1. The van der Waals surface area contributed by atoms with Crippen LogP contribution in [0.3, 0.4) is 0 Å². The molecule has 1 fully saturated rings. The highest BCUT2D eigenvalue weighted by atomic mass is 79.9. The Labute approximate surface area is 105 Å². The van der Waals surface area contributed by atoms with Crippen molar-refractivity contribution in [3.05, 3.63) is 34.3 Å². The van der Waals surface area contributed by atoms with Crippen molar-refractivity contribution in [2.75, 3.05) is 6.61 Å². The van der Waals surface area contributed by atoms with Gasteiger partial charge in [0.15, 0.2) is 0 Å². The molecule has 1 saturated carbocycles. The molecule has 0 bridgehead atoms. The van der Waals surface area contributed by atoms with Crippen LogP contribution >= 0.6 is 15.9 Å². The summed E-state index contributed by atoms with van der Waals surface area (Å²) in [6.45, 7) is 2.27. The molecule has 88 valence electrons. The van der Waals surface area contributed by atoms with Crippen molar-refractivity contribution in [3.63, 3.8) is 0 Å². The van der Waals surface area contributed by atoms with E-state index >= 15 is 0 Å². The maximum absolute atomic E-state index is 9.51. The molecule has 0 aromatic heterocycles. The Morgan fingerprint density at radius 3 is 2.50 bits per heavy atom. The largest absolute Gasteiger partial charge is 0.394 e. The Kier molecular flexibility index (Phi) is 3.67. The summed E-state index contributed by atoms with van der Waals surface area (Å²) in [4.78, 5) is 0. The van der Waals surface area contributed by atoms with Gasteiger partial charge in [0.25, 0.3) is 0 Å². The monoisotopic (exact) mass is 283 g/mol. The lowest BCUT2D eigenvalue weighted by molar-refractivity contribution is 0.172. The van der Waals surface area contributed by atoms with Crippen molar-refractivity contribution >= 4 is 15.9 Å². The average molecular weight is 284 g/mol. The lowest BCUT2D eigenvalue weighted by Gasteiger charge is -2.29. The number of halogens is 1. The number of hydrogen-bond donors (Lipinski definition) is 2. The smallest absolute Gasteiger partial charge is 0.0613 e. The van der Waals surface area contributed by atoms with Crippen LogP contribution in [-0.2, 0) is 6.42 Å². The highest BCUT2D eigenvalue weighted by Gasteiger charge is 2.31. The van der Waals surface area contributed by atoms with E-state index < -0.39 is 0 Å². The molecule has 0 amide bonds. The Morgan fingerprint density at radius 1 is 1.38 bits per heavy atom. The second-order valence-corrected chi connectivity index (χ2v) is 5.86. The van der Waals surface area contributed by atoms with Gasteiger partial charge in [-0.2, -0.15) is 0 Å². The third-order valence-electron chi connectivity index (χ3n) is 2.99. The molecule has 3 heteroatoms. The predicted molar refractivity (Wildman–Crippen MR) is 69.5 cm³/mol. The zero-order valence-corrected chi connectivity index (χ0v) is 11.1. The number of nitrogens with one attached hydrogen (secondary N) is 1. The van der Waals surface area contributed by atoms with Crippen molar-refractivity contribution in [1.29, 1.82) is 0 Å². The van der Waals surface area contributed by atoms with E-state index in [2.05, 4.69) is 40.3 Å². The van der Waals surface area contributed by atoms with Crippen LogP contribution in [0.5, 0.6) is 0 Å². The topological polar surface area (TPSA) is 32.3 Å². The van der Waals surface area contributed by atoms with E-state index in [-0.39, 0.29) is 12.1 Å². The molecule has 2 rings (SSSR count). The molecule has 1 aromatic carbocycles. The van der Waals surface area contributed by atoms with E-state index in [1.807, 2.05) is 12.1 Å². The van der Waals surface area contributed by atoms with E-state index in [1.54, 1.807) is 0 Å². The maximum Gasteiger partial charge on any atom is 0.0613 e. The minimum atomic E-state index is -0.186. The van der Waals surface area contributed by atoms with E-state index in [0.29, 0.717) is 6.04 Å². The zero-order valence-electron chi connectivity index (χ0n) is 9.54. The predicted octanol–water partition coefficient (Wildman–Crippen LogP) is 2.49. The summed E-state index contributed by atoms with van der Waals surface area (Å²) in [5.74, 6) is 0. The molecular formula is C13H18BrNO. The van der Waals surface area contributed by atoms with Crippen LogP contribution in [-0.4, -0.2) is 23.3 Å². The summed E-state index contributed by atoms with van der Waals surface area (Å²) in [5.41, 5.74) is 1.07. The van der Waals surface area contributed by atoms with Gasteiger partial charge in [0.1, 0.15) is 0 Å². The van der Waals surface area contributed by atoms with Crippen LogP contribution in [0.4, 0.5) is 0 Å². The van der Waals surface area contributed by atoms with Gasteiger partial charge in [0, 0.05) is 16.1 Å². The van der Waals surface area contributed by atoms with Crippen LogP contribution in [0, 0.1) is 0 Å². The van der Waals surface area contributed by atoms with Gasteiger partial charge >= 0.3 is 0 Å². The fourth-order valence-corrected chi connectivity index (χ4v) is 2.19. The van der Waals surface area contributed by atoms with Crippen LogP contribution in [0.2, 0.25) is 0 Å². The molecule has 1 aliphatic carbocycles. The first-order valence-corrected chi connectivity index (χ1v) is 6.54. The van der Waals surface area contributed by atoms with Gasteiger partial charge in [-0.1, -0.05) is 28.1 Å². The second kappa shape index (κ2) is 4.86. The molecule has 0 aliphatic heterocycles. The number of aliphatic hydroxyl groups excluding tert-OH is 1. The van der Waals surface area contributed by atoms with Crippen molar-refractivity contribution < 1.29 is 5.11 Å². The molecule has 0 saturated heterocycles. The fourth-order valence-electron chi connectivity index (χ4n) is 1.93. The van der Waals surface area contributed by atoms with Gasteiger partial charge in [-0.05, 0) is 43.9 Å². The van der Waals surface area contributed by atoms with Crippen LogP contribution < -0.4 is 5.32 Å². The van der Waals surface area contributed by atoms with Crippen LogP contribution in [0.1, 0.15) is 25.3 Å². The SMILES string of the molecule is CC(CO)(Cc1ccc(Br)cc1)NC1CC1. The van der Waals surface area contributed by atoms with Gasteiger partial charge in [-0.25, -0.2) is 0 Å². The van der Waals surface area contributed by atoms with Gasteiger partial charge in [0.05, 0.1) is 6.61 Å². The molecular weight excluding hydrogens is 266 g/mol. The standard InChI is InChI=1S/C13H18BrNO/c1-13(9-16,15-12-6-7-12)8-10-2-4-11(14)5-3-10/h2-5,12,15-16H,6-9H2,1H3. The first-order valence-electron chi connectivity index (χ1n) is 5.74. The first kappa shape index (κ1) is 12.1. The summed E-state index contributed by atoms with van der Waals surface area (Å²) in [6, 6.07) is 8.92. The summed E-state index contributed by atoms with van der Waals surface area (Å²) in [5, 5.41) is 13.0. The summed E-state index contributed by atoms with van der Waals surface area (Å²) in [7, 11) is 0. The molecule has 1 aromatic rings. The van der Waals surface area contributed by atoms with Crippen molar-refractivity contribution in [2.45, 2.75) is 37.8 Å². The minimum absolute atomic E-state index is 0.180. The Bertz CT molecular complexity index is 347. The highest BCUT2D eigenvalue weighted by Crippen LogP contribution is 2.24. The fraction of sp³-hybridized carbons (Fsp3) is 0.538. The molecule has 2 nitrogen and oxygen atoms in total. The molecule has 0 heterocycles. The Morgan fingerprint density at radius 2 is 2.00 bits per heavy atom. The van der Waals surface area contributed by atoms with Crippen molar-refractivity contribution in [3.8, 4) is 0 Å². The molecule has 0 spiro atoms. The summed E-state index contributed by atoms with van der Waals surface area (Å²) < 4.78 is 1.09. The number of hydrogen-bond acceptors (Lipinski definition) is 2. The molecule has 0 radical (unpaired) electrons. The normalized spacial score (nSPS) is 19.4. The molecule has 16 heavy (non-hydrogen) atoms. The Balaban J connectivity index is 2.01. The second-order valence-electron chi connectivity index (χ2n) is 4.94. The third kappa shape index (κ3) is 3.30. The van der Waals surface area contributed by atoms with Gasteiger partial charge in [-0.3, -0.25) is 0 Å². The lowest BCUT2D eigenvalue weighted by atomic mass is 9.93. The molecule has 1 unspecified atom stereocenters. The van der Waals surface area contributed by atoms with Crippen LogP contribution in [0.15, 0.2) is 28.7 Å². The third-order valence-corrected chi connectivity index (χ3v) is 3.52. The van der Waals surface area contributed by atoms with E-state index in [1.165, 1.54) is 18.4 Å². The quantitative estimate of drug-likeness (QED) is 0.870. The summed E-state index contributed by atoms with van der Waals surface area (Å²) >= 11 is 3.43. The highest BCUT2D eigenvalue weighted by molar-refractivity contribution is 9.10. The van der Waals surface area contributed by atoms with Crippen molar-refractivity contribution in [1.82, 2.24) is 5.32 Å². The molecule has 1 atom stereocenters. The van der Waals surface area contributed by atoms with E-state index in [9.17, 15) is 5.11 Å². The minimum Gasteiger partial charge on any atom is -0.394 e. The van der Waals surface area contributed by atoms with Gasteiger partial charge < -0.3 is 10.4 Å². The number of aliphatic hydroxyl groups is 1.